The molecule has 0 amide bonds. The zero-order valence-corrected chi connectivity index (χ0v) is 7.75. The first-order valence-corrected chi connectivity index (χ1v) is 4.42. The van der Waals surface area contributed by atoms with Crippen LogP contribution in [0.3, 0.4) is 0 Å². The summed E-state index contributed by atoms with van der Waals surface area (Å²) in [6, 6.07) is 2.23. The average molecular weight is 167 g/mol. The smallest absolute Gasteiger partial charge is 0.0490 e. The predicted molar refractivity (Wildman–Crippen MR) is 49.7 cm³/mol. The Bertz CT molecular complexity index is 204. The Labute approximate surface area is 73.4 Å². The third-order valence-electron chi connectivity index (χ3n) is 1.81. The highest BCUT2D eigenvalue weighted by Crippen LogP contribution is 2.06. The predicted octanol–water partition coefficient (Wildman–Crippen LogP) is 1.33. The molecule has 0 aromatic carbocycles. The maximum absolute atomic E-state index is 5.92. The Morgan fingerprint density at radius 1 is 1.58 bits per heavy atom. The van der Waals surface area contributed by atoms with Gasteiger partial charge in [-0.3, -0.25) is 5.10 Å². The number of hydrogen-bond donors (Lipinski definition) is 2. The van der Waals surface area contributed by atoms with Crippen molar-refractivity contribution in [3.05, 3.63) is 18.0 Å². The summed E-state index contributed by atoms with van der Waals surface area (Å²) in [4.78, 5) is 0. The van der Waals surface area contributed by atoms with Gasteiger partial charge in [-0.15, -0.1) is 0 Å². The summed E-state index contributed by atoms with van der Waals surface area (Å²) in [6.07, 6.45) is 3.73. The van der Waals surface area contributed by atoms with Crippen LogP contribution in [0.4, 0.5) is 0 Å². The van der Waals surface area contributed by atoms with Crippen molar-refractivity contribution in [3.8, 4) is 0 Å². The fraction of sp³-hybridized carbons (Fsp3) is 0.667. The molecule has 68 valence electrons. The minimum absolute atomic E-state index is 0.255. The van der Waals surface area contributed by atoms with Gasteiger partial charge in [-0.25, -0.2) is 0 Å². The highest BCUT2D eigenvalue weighted by molar-refractivity contribution is 4.99. The molecule has 0 saturated carbocycles. The molecule has 0 saturated heterocycles. The van der Waals surface area contributed by atoms with E-state index in [2.05, 4.69) is 24.0 Å². The van der Waals surface area contributed by atoms with E-state index in [4.69, 9.17) is 5.73 Å². The van der Waals surface area contributed by atoms with Crippen LogP contribution in [0.15, 0.2) is 12.3 Å². The molecule has 1 unspecified atom stereocenters. The Kier molecular flexibility index (Phi) is 3.29. The van der Waals surface area contributed by atoms with Gasteiger partial charge in [-0.05, 0) is 18.4 Å². The van der Waals surface area contributed by atoms with Crippen molar-refractivity contribution < 1.29 is 0 Å². The fourth-order valence-corrected chi connectivity index (χ4v) is 1.37. The van der Waals surface area contributed by atoms with Gasteiger partial charge in [0.2, 0.25) is 0 Å². The lowest BCUT2D eigenvalue weighted by Gasteiger charge is -2.12. The summed E-state index contributed by atoms with van der Waals surface area (Å²) in [7, 11) is 0. The van der Waals surface area contributed by atoms with E-state index in [0.717, 1.165) is 18.5 Å². The molecule has 0 bridgehead atoms. The van der Waals surface area contributed by atoms with Gasteiger partial charge in [0.1, 0.15) is 0 Å². The zero-order valence-electron chi connectivity index (χ0n) is 7.75. The topological polar surface area (TPSA) is 54.7 Å². The van der Waals surface area contributed by atoms with Crippen LogP contribution < -0.4 is 5.73 Å². The number of aromatic amines is 1. The molecule has 3 N–H and O–H groups in total. The molecular weight excluding hydrogens is 150 g/mol. The summed E-state index contributed by atoms with van der Waals surface area (Å²) >= 11 is 0. The fourth-order valence-electron chi connectivity index (χ4n) is 1.37. The first-order valence-electron chi connectivity index (χ1n) is 4.42. The third-order valence-corrected chi connectivity index (χ3v) is 1.81. The highest BCUT2D eigenvalue weighted by Gasteiger charge is 2.06. The molecule has 0 aliphatic heterocycles. The van der Waals surface area contributed by atoms with Gasteiger partial charge in [0.15, 0.2) is 0 Å². The number of nitrogens with zero attached hydrogens (tertiary/aromatic N) is 1. The number of nitrogens with one attached hydrogen (secondary N) is 1. The Hall–Kier alpha value is -0.830. The summed E-state index contributed by atoms with van der Waals surface area (Å²) in [5.41, 5.74) is 7.05. The molecular formula is C9H17N3. The minimum Gasteiger partial charge on any atom is -0.327 e. The highest BCUT2D eigenvalue weighted by atomic mass is 15.1. The number of H-pyrrole nitrogens is 1. The van der Waals surface area contributed by atoms with Crippen molar-refractivity contribution in [2.75, 3.05) is 0 Å². The number of hydrogen-bond acceptors (Lipinski definition) is 2. The van der Waals surface area contributed by atoms with E-state index in [9.17, 15) is 0 Å². The van der Waals surface area contributed by atoms with Gasteiger partial charge in [0.05, 0.1) is 0 Å². The molecule has 0 aliphatic carbocycles. The molecule has 3 nitrogen and oxygen atoms in total. The number of aromatic nitrogens is 2. The third kappa shape index (κ3) is 3.05. The van der Waals surface area contributed by atoms with Gasteiger partial charge in [-0.2, -0.15) is 5.10 Å². The van der Waals surface area contributed by atoms with Crippen LogP contribution in [-0.2, 0) is 6.42 Å². The first-order chi connectivity index (χ1) is 5.68. The van der Waals surface area contributed by atoms with Gasteiger partial charge < -0.3 is 5.73 Å². The molecule has 1 aromatic rings. The van der Waals surface area contributed by atoms with Crippen LogP contribution in [0.25, 0.3) is 0 Å². The Morgan fingerprint density at radius 3 is 2.83 bits per heavy atom. The van der Waals surface area contributed by atoms with Gasteiger partial charge in [0, 0.05) is 24.4 Å². The van der Waals surface area contributed by atoms with Crippen molar-refractivity contribution in [1.29, 1.82) is 0 Å². The van der Waals surface area contributed by atoms with Gasteiger partial charge in [0.25, 0.3) is 0 Å². The van der Waals surface area contributed by atoms with Crippen LogP contribution in [0.5, 0.6) is 0 Å². The maximum atomic E-state index is 5.92. The van der Waals surface area contributed by atoms with Crippen LogP contribution in [0.2, 0.25) is 0 Å². The molecule has 12 heavy (non-hydrogen) atoms. The summed E-state index contributed by atoms with van der Waals surface area (Å²) in [6.45, 7) is 4.37. The van der Waals surface area contributed by atoms with Crippen molar-refractivity contribution in [1.82, 2.24) is 10.2 Å². The van der Waals surface area contributed by atoms with Crippen molar-refractivity contribution >= 4 is 0 Å². The minimum atomic E-state index is 0.255. The molecule has 0 spiro atoms. The maximum Gasteiger partial charge on any atom is 0.0490 e. The van der Waals surface area contributed by atoms with Crippen molar-refractivity contribution in [2.45, 2.75) is 32.7 Å². The van der Waals surface area contributed by atoms with E-state index in [1.165, 1.54) is 0 Å². The molecule has 1 atom stereocenters. The van der Waals surface area contributed by atoms with Crippen LogP contribution in [0, 0.1) is 5.92 Å². The van der Waals surface area contributed by atoms with E-state index in [1.807, 2.05) is 6.07 Å². The number of nitrogens with two attached hydrogens (primary N) is 1. The second-order valence-electron chi connectivity index (χ2n) is 3.68. The van der Waals surface area contributed by atoms with Crippen LogP contribution in [-0.4, -0.2) is 16.2 Å². The van der Waals surface area contributed by atoms with Crippen LogP contribution in [0.1, 0.15) is 26.0 Å². The van der Waals surface area contributed by atoms with Crippen LogP contribution >= 0.6 is 0 Å². The summed E-state index contributed by atoms with van der Waals surface area (Å²) in [5.74, 6) is 0.669. The second kappa shape index (κ2) is 4.26. The lowest BCUT2D eigenvalue weighted by atomic mass is 10.0. The van der Waals surface area contributed by atoms with Crippen molar-refractivity contribution in [3.63, 3.8) is 0 Å². The van der Waals surface area contributed by atoms with E-state index in [0.29, 0.717) is 5.92 Å². The van der Waals surface area contributed by atoms with E-state index in [1.54, 1.807) is 6.20 Å². The molecule has 0 aliphatic rings. The average Bonchev–Trinajstić information content (AvgIpc) is 2.37. The van der Waals surface area contributed by atoms with E-state index < -0.39 is 0 Å². The van der Waals surface area contributed by atoms with Crippen molar-refractivity contribution in [2.24, 2.45) is 11.7 Å². The Morgan fingerprint density at radius 2 is 2.33 bits per heavy atom. The first kappa shape index (κ1) is 9.26. The second-order valence-corrected chi connectivity index (χ2v) is 3.68. The van der Waals surface area contributed by atoms with E-state index in [-0.39, 0.29) is 6.04 Å². The number of rotatable bonds is 4. The SMILES string of the molecule is CC(C)CC(N)Cc1ccn[nH]1. The zero-order chi connectivity index (χ0) is 8.97. The summed E-state index contributed by atoms with van der Waals surface area (Å²) in [5, 5.41) is 6.79. The van der Waals surface area contributed by atoms with E-state index >= 15 is 0 Å². The largest absolute Gasteiger partial charge is 0.327 e. The Balaban J connectivity index is 2.32. The molecule has 3 heteroatoms. The molecule has 0 radical (unpaired) electrons. The quantitative estimate of drug-likeness (QED) is 0.710. The lowest BCUT2D eigenvalue weighted by molar-refractivity contribution is 0.490. The molecule has 0 fully saturated rings. The molecule has 1 rings (SSSR count). The van der Waals surface area contributed by atoms with Gasteiger partial charge >= 0.3 is 0 Å². The molecule has 1 heterocycles. The van der Waals surface area contributed by atoms with Gasteiger partial charge in [-0.1, -0.05) is 13.8 Å². The normalized spacial score (nSPS) is 13.7. The lowest BCUT2D eigenvalue weighted by Crippen LogP contribution is -2.24. The monoisotopic (exact) mass is 167 g/mol. The standard InChI is InChI=1S/C9H17N3/c1-7(2)5-8(10)6-9-3-4-11-12-9/h3-4,7-8H,5-6,10H2,1-2H3,(H,11,12). The summed E-state index contributed by atoms with van der Waals surface area (Å²) < 4.78 is 0. The molecule has 1 aromatic heterocycles.